The van der Waals surface area contributed by atoms with Crippen molar-refractivity contribution in [1.82, 2.24) is 9.88 Å². The van der Waals surface area contributed by atoms with E-state index in [4.69, 9.17) is 14.4 Å². The lowest BCUT2D eigenvalue weighted by molar-refractivity contribution is -0.146. The fourth-order valence-electron chi connectivity index (χ4n) is 4.12. The van der Waals surface area contributed by atoms with Crippen LogP contribution in [0, 0.1) is 6.92 Å². The van der Waals surface area contributed by atoms with Crippen LogP contribution in [0.1, 0.15) is 72.4 Å². The number of aliphatic carboxylic acids is 2. The summed E-state index contributed by atoms with van der Waals surface area (Å²) in [7, 11) is 0. The lowest BCUT2D eigenvalue weighted by atomic mass is 10.1. The zero-order valence-electron chi connectivity index (χ0n) is 29.4. The van der Waals surface area contributed by atoms with Crippen LogP contribution >= 0.6 is 34.9 Å². The fourth-order valence-corrected chi connectivity index (χ4v) is 7.82. The number of hydrogen-bond donors (Lipinski definition) is 3. The number of carbonyl (C=O) groups excluding carboxylic acids is 1. The first-order valence-electron chi connectivity index (χ1n) is 16.1. The largest absolute Gasteiger partial charge is 0.489 e. The number of amides is 1. The van der Waals surface area contributed by atoms with Gasteiger partial charge in [0.2, 0.25) is 5.91 Å². The van der Waals surface area contributed by atoms with E-state index in [-0.39, 0.29) is 23.6 Å². The molecule has 270 valence electrons. The van der Waals surface area contributed by atoms with Crippen molar-refractivity contribution in [1.29, 1.82) is 0 Å². The molecule has 1 amide bonds. The number of benzene rings is 2. The number of fused-ring (bicyclic) bond motifs is 2. The maximum atomic E-state index is 11.8. The molecule has 15 heteroatoms. The maximum Gasteiger partial charge on any atom is 0.352 e. The van der Waals surface area contributed by atoms with Crippen molar-refractivity contribution in [3.8, 4) is 5.75 Å². The van der Waals surface area contributed by atoms with E-state index < -0.39 is 29.1 Å². The van der Waals surface area contributed by atoms with Gasteiger partial charge in [-0.15, -0.1) is 34.9 Å². The van der Waals surface area contributed by atoms with Gasteiger partial charge in [-0.3, -0.25) is 14.7 Å². The van der Waals surface area contributed by atoms with Crippen molar-refractivity contribution in [2.75, 3.05) is 18.1 Å². The average molecular weight is 754 g/mol. The van der Waals surface area contributed by atoms with Gasteiger partial charge in [-0.05, 0) is 37.3 Å². The normalized spacial score (nSPS) is 17.6. The molecular formula is C34H47N3O8S4. The highest BCUT2D eigenvalue weighted by Gasteiger charge is 2.45. The highest BCUT2D eigenvalue weighted by molar-refractivity contribution is 8.15. The molecule has 3 aliphatic heterocycles. The third-order valence-corrected chi connectivity index (χ3v) is 10.4. The van der Waals surface area contributed by atoms with E-state index in [1.165, 1.54) is 28.0 Å². The van der Waals surface area contributed by atoms with Crippen LogP contribution in [0.2, 0.25) is 0 Å². The molecule has 3 aromatic rings. The summed E-state index contributed by atoms with van der Waals surface area (Å²) in [6.45, 7) is 18.0. The van der Waals surface area contributed by atoms with Crippen molar-refractivity contribution in [3.63, 3.8) is 0 Å². The number of thiazole rings is 1. The number of nitrogens with zero attached hydrogens (tertiary/aromatic N) is 3. The van der Waals surface area contributed by atoms with Gasteiger partial charge in [0, 0.05) is 17.1 Å². The van der Waals surface area contributed by atoms with Gasteiger partial charge in [-0.25, -0.2) is 18.8 Å². The predicted molar refractivity (Wildman–Crippen MR) is 204 cm³/mol. The van der Waals surface area contributed by atoms with Crippen molar-refractivity contribution in [2.45, 2.75) is 85.0 Å². The Bertz CT molecular complexity index is 1620. The van der Waals surface area contributed by atoms with Gasteiger partial charge in [0.05, 0.1) is 26.9 Å². The number of β-lactam (4-membered cyclic amide) rings is 1. The molecule has 0 saturated carbocycles. The summed E-state index contributed by atoms with van der Waals surface area (Å²) in [5.41, 5.74) is 2.45. The second-order valence-electron chi connectivity index (χ2n) is 9.09. The first kappa shape index (κ1) is 43.8. The highest BCUT2D eigenvalue weighted by atomic mass is 32.2. The molecule has 0 radical (unpaired) electrons. The summed E-state index contributed by atoms with van der Waals surface area (Å²) in [6.07, 6.45) is 0.372. The Morgan fingerprint density at radius 1 is 1.00 bits per heavy atom. The van der Waals surface area contributed by atoms with Gasteiger partial charge >= 0.3 is 11.9 Å². The van der Waals surface area contributed by atoms with Crippen molar-refractivity contribution in [3.05, 3.63) is 64.3 Å². The summed E-state index contributed by atoms with van der Waals surface area (Å²) in [4.78, 5) is 45.2. The quantitative estimate of drug-likeness (QED) is 0.158. The van der Waals surface area contributed by atoms with E-state index in [1.807, 2.05) is 80.5 Å². The first-order valence-corrected chi connectivity index (χ1v) is 20.1. The van der Waals surface area contributed by atoms with Crippen LogP contribution in [0.25, 0.3) is 10.2 Å². The summed E-state index contributed by atoms with van der Waals surface area (Å²) in [6, 6.07) is 11.5. The second-order valence-corrected chi connectivity index (χ2v) is 13.3. The molecule has 3 atom stereocenters. The van der Waals surface area contributed by atoms with Gasteiger partial charge in [0.15, 0.2) is 17.1 Å². The summed E-state index contributed by atoms with van der Waals surface area (Å²) in [5, 5.41) is 19.9. The molecular weight excluding hydrogens is 707 g/mol. The van der Waals surface area contributed by atoms with Gasteiger partial charge in [0.25, 0.3) is 0 Å². The predicted octanol–water partition coefficient (Wildman–Crippen LogP) is 7.95. The molecule has 0 bridgehead atoms. The molecule has 1 aromatic heterocycles. The zero-order valence-corrected chi connectivity index (χ0v) is 32.6. The number of hydrogen-bond acceptors (Lipinski definition) is 10. The summed E-state index contributed by atoms with van der Waals surface area (Å²) >= 11 is 2.48. The Labute approximate surface area is 303 Å². The van der Waals surface area contributed by atoms with Crippen LogP contribution in [0.5, 0.6) is 5.75 Å². The molecule has 1 saturated heterocycles. The van der Waals surface area contributed by atoms with E-state index >= 15 is 0 Å². The van der Waals surface area contributed by atoms with Crippen LogP contribution in [0.15, 0.2) is 63.6 Å². The Kier molecular flexibility index (Phi) is 20.1. The Morgan fingerprint density at radius 3 is 2.16 bits per heavy atom. The van der Waals surface area contributed by atoms with Gasteiger partial charge in [0.1, 0.15) is 28.1 Å². The molecule has 1 fully saturated rings. The smallest absolute Gasteiger partial charge is 0.352 e. The van der Waals surface area contributed by atoms with E-state index in [1.54, 1.807) is 36.0 Å². The maximum absolute atomic E-state index is 11.8. The SMILES string of the molecule is CC.CC.CC.CC.Cc1ccc(S(=O)O)cc1.O=C(O)C1=C(COc2ccc3nc(C4=NC(C(=O)O)CS4)sc3c2)CSC2CC(=O)N12. The minimum absolute atomic E-state index is 0.0328. The topological polar surface area (TPSA) is 167 Å². The van der Waals surface area contributed by atoms with Crippen molar-refractivity contribution in [2.24, 2.45) is 4.99 Å². The van der Waals surface area contributed by atoms with Crippen LogP contribution in [0.3, 0.4) is 0 Å². The molecule has 6 rings (SSSR count). The fraction of sp³-hybridized carbons (Fsp3) is 0.441. The molecule has 3 aliphatic rings. The number of ether oxygens (including phenoxy) is 1. The zero-order chi connectivity index (χ0) is 37.3. The number of thioether (sulfide) groups is 2. The van der Waals surface area contributed by atoms with Crippen molar-refractivity contribution < 1.29 is 38.1 Å². The molecule has 3 unspecified atom stereocenters. The minimum atomic E-state index is -1.84. The van der Waals surface area contributed by atoms with Crippen molar-refractivity contribution >= 4 is 79.0 Å². The Balaban J connectivity index is 0.000000560. The highest BCUT2D eigenvalue weighted by Crippen LogP contribution is 2.40. The second kappa shape index (κ2) is 22.5. The number of aliphatic imine (C=N–C) groups is 1. The van der Waals surface area contributed by atoms with Gasteiger partial charge < -0.3 is 19.5 Å². The number of carboxylic acids is 2. The lowest BCUT2D eigenvalue weighted by Crippen LogP contribution is -2.54. The number of rotatable bonds is 7. The van der Waals surface area contributed by atoms with Crippen LogP contribution < -0.4 is 4.74 Å². The van der Waals surface area contributed by atoms with E-state index in [2.05, 4.69) is 9.98 Å². The number of aryl methyl sites for hydroxylation is 1. The Hall–Kier alpha value is -3.24. The minimum Gasteiger partial charge on any atom is -0.489 e. The summed E-state index contributed by atoms with van der Waals surface area (Å²) in [5.74, 6) is -0.774. The van der Waals surface area contributed by atoms with Gasteiger partial charge in [-0.1, -0.05) is 73.1 Å². The molecule has 49 heavy (non-hydrogen) atoms. The number of carboxylic acid groups (broad SMARTS) is 2. The third-order valence-electron chi connectivity index (χ3n) is 6.25. The monoisotopic (exact) mass is 753 g/mol. The molecule has 0 aliphatic carbocycles. The standard InChI is InChI=1S/C19H15N3O6S3.C7H8O2S.4C2H6/c23-13-4-14-22(13)15(19(26)27)8(6-29-14)5-28-9-1-2-10-12(3-9)31-17(20-10)16-21-11(7-30-16)18(24)25;1-6-2-4-7(5-3-6)10(8)9;4*1-2/h1-3,11,14H,4-7H2,(H,24,25)(H,26,27);2-5H,1H3,(H,8,9);4*1-2H3. The third kappa shape index (κ3) is 11.9. The number of aromatic nitrogens is 1. The van der Waals surface area contributed by atoms with E-state index in [0.29, 0.717) is 44.2 Å². The van der Waals surface area contributed by atoms with Gasteiger partial charge in [-0.2, -0.15) is 0 Å². The Morgan fingerprint density at radius 2 is 1.63 bits per heavy atom. The molecule has 0 spiro atoms. The van der Waals surface area contributed by atoms with Crippen LogP contribution in [-0.4, -0.2) is 81.3 Å². The molecule has 4 heterocycles. The first-order chi connectivity index (χ1) is 23.6. The number of carbonyl (C=O) groups is 3. The van der Waals surface area contributed by atoms with Crippen LogP contribution in [0.4, 0.5) is 0 Å². The molecule has 3 N–H and O–H groups in total. The summed E-state index contributed by atoms with van der Waals surface area (Å²) < 4.78 is 25.7. The average Bonchev–Trinajstić information content (AvgIpc) is 3.79. The molecule has 11 nitrogen and oxygen atoms in total. The van der Waals surface area contributed by atoms with E-state index in [9.17, 15) is 23.7 Å². The van der Waals surface area contributed by atoms with E-state index in [0.717, 1.165) is 15.8 Å². The molecule has 2 aromatic carbocycles. The van der Waals surface area contributed by atoms with Crippen LogP contribution in [-0.2, 0) is 25.5 Å². The lowest BCUT2D eigenvalue weighted by Gasteiger charge is -2.43.